The zero-order valence-electron chi connectivity index (χ0n) is 9.94. The number of pyridine rings is 1. The summed E-state index contributed by atoms with van der Waals surface area (Å²) in [6, 6.07) is 9.58. The minimum Gasteiger partial charge on any atom is -0.317 e. The van der Waals surface area contributed by atoms with Crippen molar-refractivity contribution in [1.82, 2.24) is 10.3 Å². The maximum absolute atomic E-state index is 11.9. The van der Waals surface area contributed by atoms with Crippen LogP contribution in [-0.2, 0) is 0 Å². The van der Waals surface area contributed by atoms with Gasteiger partial charge in [0.15, 0.2) is 5.78 Å². The van der Waals surface area contributed by atoms with E-state index >= 15 is 0 Å². The van der Waals surface area contributed by atoms with Crippen LogP contribution in [0.1, 0.15) is 23.7 Å². The summed E-state index contributed by atoms with van der Waals surface area (Å²) in [4.78, 5) is 16.1. The van der Waals surface area contributed by atoms with Crippen LogP contribution in [0.15, 0.2) is 36.5 Å². The lowest BCUT2D eigenvalue weighted by Gasteiger charge is -2.03. The average Bonchev–Trinajstić information content (AvgIpc) is 2.38. The Bertz CT molecular complexity index is 522. The Morgan fingerprint density at radius 3 is 3.06 bits per heavy atom. The van der Waals surface area contributed by atoms with E-state index in [1.165, 1.54) is 0 Å². The van der Waals surface area contributed by atoms with Crippen LogP contribution in [0, 0.1) is 0 Å². The lowest BCUT2D eigenvalue weighted by Crippen LogP contribution is -2.17. The van der Waals surface area contributed by atoms with Crippen LogP contribution in [-0.4, -0.2) is 23.9 Å². The van der Waals surface area contributed by atoms with Gasteiger partial charge in [-0.25, -0.2) is 0 Å². The summed E-state index contributed by atoms with van der Waals surface area (Å²) in [5.74, 6) is 0.165. The molecule has 0 spiro atoms. The maximum atomic E-state index is 11.9. The van der Waals surface area contributed by atoms with Crippen molar-refractivity contribution in [2.24, 2.45) is 0 Å². The second-order valence-electron chi connectivity index (χ2n) is 3.94. The molecule has 1 heterocycles. The first-order chi connectivity index (χ1) is 8.31. The molecule has 2 aromatic rings. The third-order valence-electron chi connectivity index (χ3n) is 2.71. The minimum absolute atomic E-state index is 0.165. The number of carbonyl (C=O) groups excluding carboxylic acids is 1. The van der Waals surface area contributed by atoms with Crippen molar-refractivity contribution in [3.05, 3.63) is 42.1 Å². The van der Waals surface area contributed by atoms with Gasteiger partial charge in [0.1, 0.15) is 0 Å². The van der Waals surface area contributed by atoms with E-state index in [0.717, 1.165) is 29.6 Å². The van der Waals surface area contributed by atoms with Crippen LogP contribution in [0.2, 0.25) is 0 Å². The topological polar surface area (TPSA) is 42.0 Å². The lowest BCUT2D eigenvalue weighted by atomic mass is 10.1. The highest BCUT2D eigenvalue weighted by Crippen LogP contribution is 2.14. The third-order valence-corrected chi connectivity index (χ3v) is 2.71. The molecule has 1 N–H and O–H groups in total. The highest BCUT2D eigenvalue weighted by Gasteiger charge is 2.06. The number of rotatable bonds is 5. The molecule has 0 saturated heterocycles. The van der Waals surface area contributed by atoms with Crippen molar-refractivity contribution in [1.29, 1.82) is 0 Å². The van der Waals surface area contributed by atoms with Gasteiger partial charge in [0.25, 0.3) is 0 Å². The van der Waals surface area contributed by atoms with Crippen LogP contribution in [0.5, 0.6) is 0 Å². The number of Topliss-reactive ketones (excluding diaryl/α,β-unsaturated/α-hetero) is 1. The molecule has 2 rings (SSSR count). The molecule has 0 atom stereocenters. The molecule has 17 heavy (non-hydrogen) atoms. The Balaban J connectivity index is 2.15. The Morgan fingerprint density at radius 2 is 2.24 bits per heavy atom. The van der Waals surface area contributed by atoms with E-state index in [4.69, 9.17) is 0 Å². The second-order valence-corrected chi connectivity index (χ2v) is 3.94. The number of fused-ring (bicyclic) bond motifs is 1. The first-order valence-electron chi connectivity index (χ1n) is 5.90. The smallest absolute Gasteiger partial charge is 0.164 e. The lowest BCUT2D eigenvalue weighted by molar-refractivity contribution is 0.0983. The van der Waals surface area contributed by atoms with Crippen molar-refractivity contribution in [3.8, 4) is 0 Å². The molecule has 1 aromatic carbocycles. The van der Waals surface area contributed by atoms with Crippen molar-refractivity contribution in [2.75, 3.05) is 13.1 Å². The summed E-state index contributed by atoms with van der Waals surface area (Å²) in [7, 11) is 0. The van der Waals surface area contributed by atoms with E-state index < -0.39 is 0 Å². The number of aromatic nitrogens is 1. The number of ketones is 1. The van der Waals surface area contributed by atoms with Gasteiger partial charge in [-0.3, -0.25) is 9.78 Å². The van der Waals surface area contributed by atoms with E-state index in [9.17, 15) is 4.79 Å². The molecule has 0 radical (unpaired) electrons. The van der Waals surface area contributed by atoms with Gasteiger partial charge < -0.3 is 5.32 Å². The fourth-order valence-corrected chi connectivity index (χ4v) is 1.76. The van der Waals surface area contributed by atoms with Gasteiger partial charge in [0, 0.05) is 30.1 Å². The molecule has 3 nitrogen and oxygen atoms in total. The molecule has 0 fully saturated rings. The van der Waals surface area contributed by atoms with Crippen molar-refractivity contribution < 1.29 is 4.79 Å². The number of hydrogen-bond acceptors (Lipinski definition) is 3. The zero-order valence-corrected chi connectivity index (χ0v) is 9.94. The Labute approximate surface area is 101 Å². The molecular formula is C14H16N2O. The Morgan fingerprint density at radius 1 is 1.35 bits per heavy atom. The molecule has 0 bridgehead atoms. The Hall–Kier alpha value is -1.74. The van der Waals surface area contributed by atoms with E-state index in [0.29, 0.717) is 6.42 Å². The molecular weight excluding hydrogens is 212 g/mol. The molecule has 1 aromatic heterocycles. The van der Waals surface area contributed by atoms with Crippen LogP contribution < -0.4 is 5.32 Å². The number of nitrogens with one attached hydrogen (secondary N) is 1. The van der Waals surface area contributed by atoms with E-state index in [1.807, 2.05) is 37.3 Å². The molecule has 3 heteroatoms. The molecule has 0 saturated carbocycles. The summed E-state index contributed by atoms with van der Waals surface area (Å²) in [5, 5.41) is 4.22. The van der Waals surface area contributed by atoms with Crippen LogP contribution in [0.4, 0.5) is 0 Å². The fraction of sp³-hybridized carbons (Fsp3) is 0.286. The molecule has 0 aliphatic carbocycles. The average molecular weight is 228 g/mol. The molecule has 0 aliphatic rings. The predicted molar refractivity (Wildman–Crippen MR) is 69.2 cm³/mol. The third kappa shape index (κ3) is 2.88. The first-order valence-corrected chi connectivity index (χ1v) is 5.90. The second kappa shape index (κ2) is 5.55. The largest absolute Gasteiger partial charge is 0.317 e. The number of carbonyl (C=O) groups is 1. The Kier molecular flexibility index (Phi) is 3.83. The van der Waals surface area contributed by atoms with Gasteiger partial charge in [0.05, 0.1) is 5.52 Å². The van der Waals surface area contributed by atoms with Gasteiger partial charge in [-0.2, -0.15) is 0 Å². The SMILES string of the molecule is CCNCCC(=O)c1ccc2cccnc2c1. The summed E-state index contributed by atoms with van der Waals surface area (Å²) >= 11 is 0. The fourth-order valence-electron chi connectivity index (χ4n) is 1.76. The molecule has 88 valence electrons. The summed E-state index contributed by atoms with van der Waals surface area (Å²) in [6.07, 6.45) is 2.28. The van der Waals surface area contributed by atoms with Crippen molar-refractivity contribution >= 4 is 16.7 Å². The number of benzene rings is 1. The maximum Gasteiger partial charge on any atom is 0.164 e. The van der Waals surface area contributed by atoms with Gasteiger partial charge >= 0.3 is 0 Å². The van der Waals surface area contributed by atoms with Gasteiger partial charge in [0.2, 0.25) is 0 Å². The quantitative estimate of drug-likeness (QED) is 0.631. The van der Waals surface area contributed by atoms with Gasteiger partial charge in [-0.1, -0.05) is 25.1 Å². The number of hydrogen-bond donors (Lipinski definition) is 1. The van der Waals surface area contributed by atoms with Crippen molar-refractivity contribution in [2.45, 2.75) is 13.3 Å². The molecule has 0 unspecified atom stereocenters. The summed E-state index contributed by atoms with van der Waals surface area (Å²) < 4.78 is 0. The van der Waals surface area contributed by atoms with E-state index in [-0.39, 0.29) is 5.78 Å². The van der Waals surface area contributed by atoms with Crippen LogP contribution >= 0.6 is 0 Å². The molecule has 0 amide bonds. The highest BCUT2D eigenvalue weighted by molar-refractivity contribution is 5.99. The van der Waals surface area contributed by atoms with E-state index in [2.05, 4.69) is 10.3 Å². The van der Waals surface area contributed by atoms with Gasteiger partial charge in [-0.15, -0.1) is 0 Å². The normalized spacial score (nSPS) is 10.6. The summed E-state index contributed by atoms with van der Waals surface area (Å²) in [6.45, 7) is 3.66. The zero-order chi connectivity index (χ0) is 12.1. The van der Waals surface area contributed by atoms with Gasteiger partial charge in [-0.05, 0) is 18.7 Å². The van der Waals surface area contributed by atoms with Crippen molar-refractivity contribution in [3.63, 3.8) is 0 Å². The number of nitrogens with zero attached hydrogens (tertiary/aromatic N) is 1. The monoisotopic (exact) mass is 228 g/mol. The highest BCUT2D eigenvalue weighted by atomic mass is 16.1. The minimum atomic E-state index is 0.165. The standard InChI is InChI=1S/C14H16N2O/c1-2-15-9-7-14(17)12-6-5-11-4-3-8-16-13(11)10-12/h3-6,8,10,15H,2,7,9H2,1H3. The first kappa shape index (κ1) is 11.7. The summed E-state index contributed by atoms with van der Waals surface area (Å²) in [5.41, 5.74) is 1.62. The molecule has 0 aliphatic heterocycles. The van der Waals surface area contributed by atoms with E-state index in [1.54, 1.807) is 6.20 Å². The predicted octanol–water partition coefficient (Wildman–Crippen LogP) is 2.42. The van der Waals surface area contributed by atoms with Crippen LogP contribution in [0.3, 0.4) is 0 Å². The van der Waals surface area contributed by atoms with Crippen LogP contribution in [0.25, 0.3) is 10.9 Å².